The molecule has 1 saturated heterocycles. The summed E-state index contributed by atoms with van der Waals surface area (Å²) in [5.74, 6) is -0.751. The molecule has 33 heavy (non-hydrogen) atoms. The van der Waals surface area contributed by atoms with Gasteiger partial charge < -0.3 is 10.6 Å². The van der Waals surface area contributed by atoms with Crippen LogP contribution in [0.5, 0.6) is 0 Å². The molecular formula is C27H29N3O3. The minimum atomic E-state index is -1.13. The number of urea groups is 1. The molecule has 1 aliphatic heterocycles. The molecule has 4 rings (SSSR count). The highest BCUT2D eigenvalue weighted by atomic mass is 16.2. The molecule has 0 spiro atoms. The predicted octanol–water partition coefficient (Wildman–Crippen LogP) is 4.65. The van der Waals surface area contributed by atoms with E-state index in [0.29, 0.717) is 6.42 Å². The Kier molecular flexibility index (Phi) is 6.45. The topological polar surface area (TPSA) is 78.5 Å². The second kappa shape index (κ2) is 9.45. The maximum Gasteiger partial charge on any atom is 0.325 e. The first-order valence-corrected chi connectivity index (χ1v) is 11.4. The third-order valence-corrected chi connectivity index (χ3v) is 6.32. The summed E-state index contributed by atoms with van der Waals surface area (Å²) in [7, 11) is 0. The second-order valence-electron chi connectivity index (χ2n) is 8.55. The monoisotopic (exact) mass is 443 g/mol. The maximum atomic E-state index is 13.5. The molecule has 1 heterocycles. The Balaban J connectivity index is 1.52. The van der Waals surface area contributed by atoms with Gasteiger partial charge in [-0.15, -0.1) is 0 Å². The first-order chi connectivity index (χ1) is 16.0. The molecule has 2 unspecified atom stereocenters. The number of carbonyl (C=O) groups is 3. The van der Waals surface area contributed by atoms with Crippen LogP contribution in [0.25, 0.3) is 10.8 Å². The largest absolute Gasteiger partial charge is 0.348 e. The van der Waals surface area contributed by atoms with Crippen molar-refractivity contribution in [3.8, 4) is 0 Å². The van der Waals surface area contributed by atoms with Crippen molar-refractivity contribution in [1.29, 1.82) is 0 Å². The van der Waals surface area contributed by atoms with E-state index in [1.165, 1.54) is 0 Å². The number of carbonyl (C=O) groups excluding carboxylic acids is 3. The lowest BCUT2D eigenvalue weighted by atomic mass is 9.85. The van der Waals surface area contributed by atoms with Crippen molar-refractivity contribution >= 4 is 28.6 Å². The Morgan fingerprint density at radius 1 is 1.00 bits per heavy atom. The Morgan fingerprint density at radius 3 is 2.45 bits per heavy atom. The van der Waals surface area contributed by atoms with Crippen molar-refractivity contribution in [2.45, 2.75) is 44.7 Å². The van der Waals surface area contributed by atoms with Gasteiger partial charge in [0, 0.05) is 0 Å². The normalized spacial score (nSPS) is 18.9. The fourth-order valence-corrected chi connectivity index (χ4v) is 4.58. The van der Waals surface area contributed by atoms with Crippen molar-refractivity contribution in [2.75, 3.05) is 6.54 Å². The molecule has 170 valence electrons. The second-order valence-corrected chi connectivity index (χ2v) is 8.55. The van der Waals surface area contributed by atoms with Crippen molar-refractivity contribution in [1.82, 2.24) is 15.5 Å². The lowest BCUT2D eigenvalue weighted by Crippen LogP contribution is -2.45. The van der Waals surface area contributed by atoms with Crippen LogP contribution in [0.2, 0.25) is 0 Å². The minimum Gasteiger partial charge on any atom is -0.348 e. The Hall–Kier alpha value is -3.67. The number of nitrogens with zero attached hydrogens (tertiary/aromatic N) is 1. The molecule has 3 aromatic rings. The van der Waals surface area contributed by atoms with Crippen molar-refractivity contribution in [3.05, 3.63) is 83.9 Å². The fourth-order valence-electron chi connectivity index (χ4n) is 4.58. The highest BCUT2D eigenvalue weighted by Gasteiger charge is 2.52. The lowest BCUT2D eigenvalue weighted by molar-refractivity contribution is -0.135. The molecule has 1 aliphatic rings. The van der Waals surface area contributed by atoms with Gasteiger partial charge in [-0.25, -0.2) is 4.79 Å². The summed E-state index contributed by atoms with van der Waals surface area (Å²) in [6.45, 7) is 3.63. The maximum absolute atomic E-state index is 13.5. The van der Waals surface area contributed by atoms with E-state index >= 15 is 0 Å². The molecule has 0 radical (unpaired) electrons. The van der Waals surface area contributed by atoms with Gasteiger partial charge in [0.2, 0.25) is 5.91 Å². The summed E-state index contributed by atoms with van der Waals surface area (Å²) in [5, 5.41) is 8.00. The van der Waals surface area contributed by atoms with E-state index in [4.69, 9.17) is 0 Å². The van der Waals surface area contributed by atoms with Crippen LogP contribution in [-0.4, -0.2) is 29.3 Å². The minimum absolute atomic E-state index is 0.275. The van der Waals surface area contributed by atoms with Gasteiger partial charge in [0.05, 0.1) is 6.04 Å². The highest BCUT2D eigenvalue weighted by Crippen LogP contribution is 2.34. The van der Waals surface area contributed by atoms with Crippen LogP contribution in [0, 0.1) is 0 Å². The van der Waals surface area contributed by atoms with Crippen LogP contribution < -0.4 is 10.6 Å². The average Bonchev–Trinajstić information content (AvgIpc) is 3.07. The number of rotatable bonds is 8. The third kappa shape index (κ3) is 4.33. The smallest absolute Gasteiger partial charge is 0.325 e. The van der Waals surface area contributed by atoms with Gasteiger partial charge in [-0.3, -0.25) is 14.5 Å². The zero-order chi connectivity index (χ0) is 23.4. The lowest BCUT2D eigenvalue weighted by Gasteiger charge is -2.27. The van der Waals surface area contributed by atoms with Crippen molar-refractivity contribution < 1.29 is 14.4 Å². The number of fused-ring (bicyclic) bond motifs is 1. The molecule has 2 atom stereocenters. The van der Waals surface area contributed by atoms with E-state index in [1.807, 2.05) is 86.6 Å². The fraction of sp³-hybridized carbons (Fsp3) is 0.296. The van der Waals surface area contributed by atoms with E-state index in [2.05, 4.69) is 10.6 Å². The summed E-state index contributed by atoms with van der Waals surface area (Å²) < 4.78 is 0. The molecule has 1 fully saturated rings. The zero-order valence-corrected chi connectivity index (χ0v) is 19.0. The Bertz CT molecular complexity index is 1170. The van der Waals surface area contributed by atoms with E-state index in [1.54, 1.807) is 0 Å². The van der Waals surface area contributed by atoms with Crippen LogP contribution in [0.15, 0.2) is 72.8 Å². The molecule has 6 nitrogen and oxygen atoms in total. The number of imide groups is 1. The molecular weight excluding hydrogens is 414 g/mol. The summed E-state index contributed by atoms with van der Waals surface area (Å²) >= 11 is 0. The van der Waals surface area contributed by atoms with Crippen LogP contribution in [0.4, 0.5) is 4.79 Å². The molecule has 0 aliphatic carbocycles. The molecule has 0 aromatic heterocycles. The van der Waals surface area contributed by atoms with E-state index in [0.717, 1.165) is 39.6 Å². The van der Waals surface area contributed by atoms with Gasteiger partial charge >= 0.3 is 6.03 Å². The first kappa shape index (κ1) is 22.5. The molecule has 3 aromatic carbocycles. The third-order valence-electron chi connectivity index (χ3n) is 6.32. The molecule has 0 saturated carbocycles. The van der Waals surface area contributed by atoms with Crippen molar-refractivity contribution in [2.24, 2.45) is 0 Å². The quantitative estimate of drug-likeness (QED) is 0.497. The Labute approximate surface area is 194 Å². The average molecular weight is 444 g/mol. The number of unbranched alkanes of at least 4 members (excludes halogenated alkanes) is 1. The SMILES string of the molecule is CCCCC1(c2ccccc2)NC(=O)N(CC(=O)NC(C)c2cccc3ccccc23)C1=O. The summed E-state index contributed by atoms with van der Waals surface area (Å²) in [4.78, 5) is 40.2. The molecule has 4 amide bonds. The van der Waals surface area contributed by atoms with Crippen molar-refractivity contribution in [3.63, 3.8) is 0 Å². The number of amides is 4. The number of benzene rings is 3. The van der Waals surface area contributed by atoms with Gasteiger partial charge in [-0.05, 0) is 35.2 Å². The molecule has 2 N–H and O–H groups in total. The van der Waals surface area contributed by atoms with Gasteiger partial charge in [0.1, 0.15) is 12.1 Å². The van der Waals surface area contributed by atoms with Gasteiger partial charge in [-0.2, -0.15) is 0 Å². The first-order valence-electron chi connectivity index (χ1n) is 11.4. The van der Waals surface area contributed by atoms with E-state index in [-0.39, 0.29) is 24.4 Å². The van der Waals surface area contributed by atoms with E-state index < -0.39 is 11.6 Å². The van der Waals surface area contributed by atoms with Gasteiger partial charge in [-0.1, -0.05) is 92.6 Å². The zero-order valence-electron chi connectivity index (χ0n) is 19.0. The van der Waals surface area contributed by atoms with Crippen LogP contribution >= 0.6 is 0 Å². The summed E-state index contributed by atoms with van der Waals surface area (Å²) in [6.07, 6.45) is 2.16. The standard InChI is InChI=1S/C27H29N3O3/c1-3-4-17-27(21-13-6-5-7-14-21)25(32)30(26(33)29-27)18-24(31)28-19(2)22-16-10-12-20-11-8-9-15-23(20)22/h5-16,19H,3-4,17-18H2,1-2H3,(H,28,31)(H,29,33). The van der Waals surface area contributed by atoms with Gasteiger partial charge in [0.15, 0.2) is 0 Å². The summed E-state index contributed by atoms with van der Waals surface area (Å²) in [6, 6.07) is 22.4. The number of hydrogen-bond acceptors (Lipinski definition) is 3. The number of hydrogen-bond donors (Lipinski definition) is 2. The Morgan fingerprint density at radius 2 is 1.70 bits per heavy atom. The van der Waals surface area contributed by atoms with Crippen LogP contribution in [-0.2, 0) is 15.1 Å². The summed E-state index contributed by atoms with van der Waals surface area (Å²) in [5.41, 5.74) is 0.597. The molecule has 6 heteroatoms. The van der Waals surface area contributed by atoms with Crippen LogP contribution in [0.1, 0.15) is 50.3 Å². The van der Waals surface area contributed by atoms with Gasteiger partial charge in [0.25, 0.3) is 5.91 Å². The molecule has 0 bridgehead atoms. The predicted molar refractivity (Wildman–Crippen MR) is 128 cm³/mol. The van der Waals surface area contributed by atoms with Crippen LogP contribution in [0.3, 0.4) is 0 Å². The highest BCUT2D eigenvalue weighted by molar-refractivity contribution is 6.09. The van der Waals surface area contributed by atoms with E-state index in [9.17, 15) is 14.4 Å². The number of nitrogens with one attached hydrogen (secondary N) is 2.